The molecule has 0 heterocycles. The van der Waals surface area contributed by atoms with Gasteiger partial charge >= 0.3 is 0 Å². The average Bonchev–Trinajstić information content (AvgIpc) is 2.56. The Morgan fingerprint density at radius 2 is 2.00 bits per heavy atom. The Hall–Kier alpha value is -2.62. The lowest BCUT2D eigenvalue weighted by Gasteiger charge is -2.05. The van der Waals surface area contributed by atoms with Crippen molar-refractivity contribution in [2.24, 2.45) is 5.10 Å². The molecule has 2 aromatic rings. The third-order valence-corrected chi connectivity index (χ3v) is 3.04. The second-order valence-electron chi connectivity index (χ2n) is 4.84. The Morgan fingerprint density at radius 3 is 2.77 bits per heavy atom. The number of amides is 1. The minimum absolute atomic E-state index is 0.229. The maximum Gasteiger partial charge on any atom is 0.271 e. The van der Waals surface area contributed by atoms with Gasteiger partial charge in [-0.3, -0.25) is 4.79 Å². The second-order valence-corrected chi connectivity index (χ2v) is 4.84. The molecule has 0 radical (unpaired) electrons. The molecule has 22 heavy (non-hydrogen) atoms. The van der Waals surface area contributed by atoms with E-state index in [1.807, 2.05) is 42.5 Å². The Labute approximate surface area is 130 Å². The molecule has 0 unspecified atom stereocenters. The Morgan fingerprint density at radius 1 is 1.18 bits per heavy atom. The zero-order chi connectivity index (χ0) is 15.6. The van der Waals surface area contributed by atoms with Crippen molar-refractivity contribution in [3.63, 3.8) is 0 Å². The van der Waals surface area contributed by atoms with Gasteiger partial charge in [0, 0.05) is 5.56 Å². The Bertz CT molecular complexity index is 624. The van der Waals surface area contributed by atoms with Crippen molar-refractivity contribution in [1.82, 2.24) is 5.43 Å². The molecule has 0 fully saturated rings. The number of hydrogen-bond donors (Lipinski definition) is 1. The highest BCUT2D eigenvalue weighted by atomic mass is 16.5. The number of hydrogen-bond acceptors (Lipinski definition) is 3. The van der Waals surface area contributed by atoms with Gasteiger partial charge in [0.25, 0.3) is 5.91 Å². The third-order valence-electron chi connectivity index (χ3n) is 3.04. The van der Waals surface area contributed by atoms with Crippen LogP contribution in [0.2, 0.25) is 0 Å². The average molecular weight is 296 g/mol. The quantitative estimate of drug-likeness (QED) is 0.482. The van der Waals surface area contributed by atoms with E-state index >= 15 is 0 Å². The van der Waals surface area contributed by atoms with Gasteiger partial charge in [0.15, 0.2) is 0 Å². The van der Waals surface area contributed by atoms with Crippen LogP contribution in [-0.2, 0) is 0 Å². The van der Waals surface area contributed by atoms with E-state index in [-0.39, 0.29) is 5.91 Å². The molecule has 0 atom stereocenters. The van der Waals surface area contributed by atoms with Crippen molar-refractivity contribution < 1.29 is 9.53 Å². The predicted molar refractivity (Wildman–Crippen MR) is 88.3 cm³/mol. The first kappa shape index (κ1) is 15.8. The highest BCUT2D eigenvalue weighted by Gasteiger charge is 2.01. The van der Waals surface area contributed by atoms with Gasteiger partial charge in [0.05, 0.1) is 12.8 Å². The van der Waals surface area contributed by atoms with Gasteiger partial charge in [-0.25, -0.2) is 5.43 Å². The molecule has 0 aliphatic heterocycles. The molecular weight excluding hydrogens is 276 g/mol. The molecule has 0 saturated carbocycles. The van der Waals surface area contributed by atoms with Crippen LogP contribution in [0.3, 0.4) is 0 Å². The minimum Gasteiger partial charge on any atom is -0.494 e. The highest BCUT2D eigenvalue weighted by Crippen LogP contribution is 2.12. The molecule has 114 valence electrons. The number of ether oxygens (including phenoxy) is 1. The summed E-state index contributed by atoms with van der Waals surface area (Å²) in [7, 11) is 0. The molecule has 0 aliphatic rings. The molecule has 1 N–H and O–H groups in total. The molecule has 4 nitrogen and oxygen atoms in total. The molecular formula is C18H20N2O2. The van der Waals surface area contributed by atoms with Crippen LogP contribution < -0.4 is 10.2 Å². The van der Waals surface area contributed by atoms with E-state index in [4.69, 9.17) is 4.74 Å². The van der Waals surface area contributed by atoms with Crippen molar-refractivity contribution in [2.45, 2.75) is 19.8 Å². The maximum absolute atomic E-state index is 11.8. The molecule has 0 spiro atoms. The van der Waals surface area contributed by atoms with Crippen LogP contribution in [0.15, 0.2) is 59.7 Å². The van der Waals surface area contributed by atoms with Crippen molar-refractivity contribution in [3.05, 3.63) is 65.7 Å². The van der Waals surface area contributed by atoms with E-state index in [0.29, 0.717) is 12.2 Å². The summed E-state index contributed by atoms with van der Waals surface area (Å²) < 4.78 is 5.63. The fourth-order valence-electron chi connectivity index (χ4n) is 1.84. The van der Waals surface area contributed by atoms with Gasteiger partial charge < -0.3 is 4.74 Å². The molecule has 4 heteroatoms. The van der Waals surface area contributed by atoms with E-state index in [1.165, 1.54) is 0 Å². The zero-order valence-electron chi connectivity index (χ0n) is 12.7. The first-order chi connectivity index (χ1) is 10.8. The van der Waals surface area contributed by atoms with Gasteiger partial charge in [0.1, 0.15) is 5.75 Å². The zero-order valence-corrected chi connectivity index (χ0v) is 12.7. The van der Waals surface area contributed by atoms with E-state index < -0.39 is 0 Å². The molecule has 1 amide bonds. The van der Waals surface area contributed by atoms with Crippen LogP contribution in [0.5, 0.6) is 5.75 Å². The van der Waals surface area contributed by atoms with Gasteiger partial charge in [-0.1, -0.05) is 43.7 Å². The summed E-state index contributed by atoms with van der Waals surface area (Å²) in [5.74, 6) is 0.582. The van der Waals surface area contributed by atoms with Gasteiger partial charge in [-0.2, -0.15) is 5.10 Å². The highest BCUT2D eigenvalue weighted by molar-refractivity contribution is 5.94. The van der Waals surface area contributed by atoms with Crippen molar-refractivity contribution in [3.8, 4) is 5.75 Å². The lowest BCUT2D eigenvalue weighted by molar-refractivity contribution is 0.0955. The lowest BCUT2D eigenvalue weighted by atomic mass is 10.2. The minimum atomic E-state index is -0.229. The summed E-state index contributed by atoms with van der Waals surface area (Å²) in [6, 6.07) is 16.6. The fraction of sp³-hybridized carbons (Fsp3) is 0.222. The van der Waals surface area contributed by atoms with E-state index in [9.17, 15) is 4.79 Å². The summed E-state index contributed by atoms with van der Waals surface area (Å²) in [4.78, 5) is 11.8. The second kappa shape index (κ2) is 8.62. The summed E-state index contributed by atoms with van der Waals surface area (Å²) in [6.45, 7) is 2.84. The Balaban J connectivity index is 1.90. The fourth-order valence-corrected chi connectivity index (χ4v) is 1.84. The predicted octanol–water partition coefficient (Wildman–Crippen LogP) is 3.63. The Kier molecular flexibility index (Phi) is 6.18. The number of carbonyl (C=O) groups is 1. The summed E-state index contributed by atoms with van der Waals surface area (Å²) >= 11 is 0. The molecule has 0 saturated heterocycles. The molecule has 0 aromatic heterocycles. The molecule has 2 rings (SSSR count). The van der Waals surface area contributed by atoms with Gasteiger partial charge in [-0.05, 0) is 36.2 Å². The largest absolute Gasteiger partial charge is 0.494 e. The van der Waals surface area contributed by atoms with Crippen LogP contribution in [-0.4, -0.2) is 18.7 Å². The van der Waals surface area contributed by atoms with Crippen LogP contribution in [0, 0.1) is 0 Å². The van der Waals surface area contributed by atoms with Crippen molar-refractivity contribution in [1.29, 1.82) is 0 Å². The number of benzene rings is 2. The molecule has 2 aromatic carbocycles. The monoisotopic (exact) mass is 296 g/mol. The summed E-state index contributed by atoms with van der Waals surface area (Å²) in [5.41, 5.74) is 3.97. The standard InChI is InChI=1S/C18H20N2O2/c1-2-3-12-22-17-11-7-8-15(13-17)14-19-20-18(21)16-9-5-4-6-10-16/h4-11,13-14H,2-3,12H2,1H3,(H,20,21)/b19-14+. The first-order valence-corrected chi connectivity index (χ1v) is 7.41. The smallest absolute Gasteiger partial charge is 0.271 e. The van der Waals surface area contributed by atoms with Gasteiger partial charge in [-0.15, -0.1) is 0 Å². The topological polar surface area (TPSA) is 50.7 Å². The third kappa shape index (κ3) is 5.05. The van der Waals surface area contributed by atoms with E-state index in [2.05, 4.69) is 17.5 Å². The lowest BCUT2D eigenvalue weighted by Crippen LogP contribution is -2.17. The SMILES string of the molecule is CCCCOc1cccc(/C=N/NC(=O)c2ccccc2)c1. The maximum atomic E-state index is 11.8. The van der Waals surface area contributed by atoms with Crippen LogP contribution >= 0.6 is 0 Å². The number of hydrazone groups is 1. The van der Waals surface area contributed by atoms with E-state index in [0.717, 1.165) is 24.2 Å². The summed E-state index contributed by atoms with van der Waals surface area (Å²) in [5, 5.41) is 3.98. The molecule has 0 bridgehead atoms. The van der Waals surface area contributed by atoms with Crippen LogP contribution in [0.1, 0.15) is 35.7 Å². The number of carbonyl (C=O) groups excluding carboxylic acids is 1. The number of rotatable bonds is 7. The first-order valence-electron chi connectivity index (χ1n) is 7.41. The van der Waals surface area contributed by atoms with Crippen molar-refractivity contribution in [2.75, 3.05) is 6.61 Å². The number of nitrogens with one attached hydrogen (secondary N) is 1. The molecule has 0 aliphatic carbocycles. The van der Waals surface area contributed by atoms with Gasteiger partial charge in [0.2, 0.25) is 0 Å². The van der Waals surface area contributed by atoms with Crippen LogP contribution in [0.4, 0.5) is 0 Å². The van der Waals surface area contributed by atoms with E-state index in [1.54, 1.807) is 18.3 Å². The summed E-state index contributed by atoms with van der Waals surface area (Å²) in [6.07, 6.45) is 3.74. The number of nitrogens with zero attached hydrogens (tertiary/aromatic N) is 1. The normalized spacial score (nSPS) is 10.6. The number of unbranched alkanes of at least 4 members (excludes halogenated alkanes) is 1. The van der Waals surface area contributed by atoms with Crippen molar-refractivity contribution >= 4 is 12.1 Å². The van der Waals surface area contributed by atoms with Crippen LogP contribution in [0.25, 0.3) is 0 Å².